The molecule has 21 aromatic rings. The maximum Gasteiger partial charge on any atom is 0.252 e. The third-order valence-corrected chi connectivity index (χ3v) is 28.8. The summed E-state index contributed by atoms with van der Waals surface area (Å²) in [6.07, 6.45) is 0. The van der Waals surface area contributed by atoms with Crippen LogP contribution in [-0.4, -0.2) is 20.4 Å². The highest BCUT2D eigenvalue weighted by atomic mass is 15.2. The summed E-state index contributed by atoms with van der Waals surface area (Å²) in [7, 11) is 0. The lowest BCUT2D eigenvalue weighted by Gasteiger charge is -2.46. The summed E-state index contributed by atoms with van der Waals surface area (Å²) in [6.45, 7) is 39.5. The van der Waals surface area contributed by atoms with E-state index in [0.29, 0.717) is 50.6 Å². The first-order chi connectivity index (χ1) is 72.2. The molecule has 0 amide bonds. The van der Waals surface area contributed by atoms with Crippen molar-refractivity contribution in [2.45, 2.75) is 157 Å². The summed E-state index contributed by atoms with van der Waals surface area (Å²) in [6, 6.07) is 106. The Bertz CT molecular complexity index is 9010. The van der Waals surface area contributed by atoms with Crippen molar-refractivity contribution >= 4 is 140 Å². The normalized spacial score (nSPS) is 14.4. The monoisotopic (exact) mass is 1810 g/mol. The standard InChI is InChI=1S/C132H119BN6/c1-127(2,3)90-55-64-114-106(71-90)107-72-91(128(4,5)6)56-65-115(107)135(114)99-61-69-119-111(80-99)110-79-98(134(96-50-36-24-37-51-96)97-52-38-25-39-53-97)60-68-118(110)137(119)101-82-122-124-123(83-101)139(126-104(87-46-32-22-33-47-87)77-95(132(16,17)18)78-105(126)88-48-34-23-35-49-88)121-81-100(136-116-66-57-92(129(7,8)9)73-108(116)109-74-93(130(10,11)12)58-67-117(109)136)59-63-113(121)133(124)112-62-54-89(84-40-26-19-27-41-84)70-120(112)138(122)125-102(85-42-28-20-29-43-85)75-94(131(13,14)15)76-103(125)86-44-30-21-31-45-86/h19-83H,1-18H3/i19D,24D,26D,27D,36D,37D,40D,41D,50D,51D,61D,69D,80D. The predicted molar refractivity (Wildman–Crippen MR) is 598 cm³/mol. The molecule has 0 saturated carbocycles. The average Bonchev–Trinajstić information content (AvgIpc) is 1.55. The molecule has 0 bridgehead atoms. The van der Waals surface area contributed by atoms with Gasteiger partial charge in [0.1, 0.15) is 0 Å². The molecular formula is C132H119BN6. The molecule has 5 heterocycles. The van der Waals surface area contributed by atoms with E-state index in [9.17, 15) is 15.1 Å². The second-order valence-corrected chi connectivity index (χ2v) is 44.0. The molecule has 23 rings (SSSR count). The minimum absolute atomic E-state index is 0.0107. The van der Waals surface area contributed by atoms with Crippen LogP contribution in [0.1, 0.15) is 176 Å². The third kappa shape index (κ3) is 15.1. The van der Waals surface area contributed by atoms with Crippen molar-refractivity contribution in [3.05, 3.63) is 427 Å². The van der Waals surface area contributed by atoms with E-state index in [1.807, 2.05) is 77.4 Å². The zero-order valence-electron chi connectivity index (χ0n) is 95.3. The molecule has 0 spiro atoms. The second-order valence-electron chi connectivity index (χ2n) is 44.0. The Kier molecular flexibility index (Phi) is 17.5. The molecule has 0 unspecified atom stereocenters. The van der Waals surface area contributed by atoms with Gasteiger partial charge in [-0.15, -0.1) is 0 Å². The number of rotatable bonds is 13. The van der Waals surface area contributed by atoms with E-state index in [4.69, 9.17) is 2.74 Å². The number of hydrogen-bond acceptors (Lipinski definition) is 3. The van der Waals surface area contributed by atoms with Gasteiger partial charge in [0.2, 0.25) is 0 Å². The SMILES string of the molecule is [2H]c1c([2H])c([2H])c(-c2ccc3c(c2)N(c2c(-c4ccccc4)cc(C(C)(C)C)cc2-c2ccccc2)c2cc(-n4c5ccc(N(c6ccccc6)c6c([2H])c([2H])c([2H])c([2H])c6[2H])cc5c5c([2H])c(-n6c7ccc(C(C)(C)C)cc7c7cc(C(C)(C)C)ccc76)c([2H])c([2H])c54)cc4c2B3c2ccc(-n3c5ccc(C(C)(C)C)cc5c5cc(C(C)(C)C)ccc53)cc2N4c2c(-c3ccccc3)cc(C(C)(C)C)cc2-c2ccccc2)c([2H])c1[2H]. The van der Waals surface area contributed by atoms with Crippen LogP contribution in [0, 0.1) is 0 Å². The van der Waals surface area contributed by atoms with Crippen LogP contribution in [0.15, 0.2) is 394 Å². The number of fused-ring (bicyclic) bond motifs is 13. The van der Waals surface area contributed by atoms with Crippen LogP contribution in [-0.2, 0) is 32.5 Å². The Morgan fingerprint density at radius 1 is 0.230 bits per heavy atom. The molecule has 0 radical (unpaired) electrons. The second kappa shape index (κ2) is 32.8. The number of hydrogen-bond donors (Lipinski definition) is 0. The van der Waals surface area contributed by atoms with Crippen molar-refractivity contribution in [2.24, 2.45) is 0 Å². The first kappa shape index (κ1) is 74.1. The Morgan fingerprint density at radius 2 is 0.576 bits per heavy atom. The third-order valence-electron chi connectivity index (χ3n) is 28.8. The topological polar surface area (TPSA) is 24.5 Å². The fourth-order valence-corrected chi connectivity index (χ4v) is 21.3. The molecule has 0 fully saturated rings. The predicted octanol–water partition coefficient (Wildman–Crippen LogP) is 34.7. The van der Waals surface area contributed by atoms with Crippen LogP contribution in [0.2, 0.25) is 0 Å². The van der Waals surface area contributed by atoms with Gasteiger partial charge in [0.05, 0.1) is 68.0 Å². The fraction of sp³-hybridized carbons (Fsp3) is 0.182. The molecule has 7 heteroatoms. The highest BCUT2D eigenvalue weighted by Gasteiger charge is 2.47. The molecule has 680 valence electrons. The van der Waals surface area contributed by atoms with Gasteiger partial charge < -0.3 is 28.4 Å². The van der Waals surface area contributed by atoms with E-state index >= 15 is 0 Å². The Labute approximate surface area is 838 Å². The molecule has 6 nitrogen and oxygen atoms in total. The first-order valence-electron chi connectivity index (χ1n) is 55.1. The molecule has 0 N–H and O–H groups in total. The van der Waals surface area contributed by atoms with Crippen molar-refractivity contribution in [3.63, 3.8) is 0 Å². The maximum atomic E-state index is 11.8. The zero-order chi connectivity index (χ0) is 107. The minimum Gasteiger partial charge on any atom is -0.310 e. The van der Waals surface area contributed by atoms with Crippen molar-refractivity contribution in [2.75, 3.05) is 14.7 Å². The molecule has 3 aromatic heterocycles. The molecule has 0 aliphatic carbocycles. The molecule has 2 aliphatic heterocycles. The summed E-state index contributed by atoms with van der Waals surface area (Å²) in [5, 5.41) is 4.74. The highest BCUT2D eigenvalue weighted by molar-refractivity contribution is 7.00. The van der Waals surface area contributed by atoms with E-state index in [0.717, 1.165) is 150 Å². The maximum absolute atomic E-state index is 11.8. The molecule has 0 saturated heterocycles. The van der Waals surface area contributed by atoms with E-state index in [1.54, 1.807) is 4.90 Å². The van der Waals surface area contributed by atoms with Crippen molar-refractivity contribution in [1.29, 1.82) is 0 Å². The number of para-hydroxylation sites is 2. The summed E-state index contributed by atoms with van der Waals surface area (Å²) in [5.41, 5.74) is 25.5. The van der Waals surface area contributed by atoms with E-state index in [2.05, 4.69) is 386 Å². The lowest BCUT2D eigenvalue weighted by atomic mass is 9.33. The molecule has 2 aliphatic rings. The minimum atomic E-state index is -0.745. The first-order valence-corrected chi connectivity index (χ1v) is 48.6. The van der Waals surface area contributed by atoms with Gasteiger partial charge in [-0.05, 0) is 279 Å². The number of benzene rings is 18. The highest BCUT2D eigenvalue weighted by Crippen LogP contribution is 2.57. The van der Waals surface area contributed by atoms with Gasteiger partial charge in [-0.3, -0.25) is 0 Å². The molecule has 18 aromatic carbocycles. The quantitative estimate of drug-likeness (QED) is 0.108. The fourth-order valence-electron chi connectivity index (χ4n) is 21.3. The van der Waals surface area contributed by atoms with Gasteiger partial charge in [-0.25, -0.2) is 0 Å². The van der Waals surface area contributed by atoms with Crippen molar-refractivity contribution in [3.8, 4) is 72.7 Å². The number of anilines is 9. The number of aromatic nitrogens is 3. The lowest BCUT2D eigenvalue weighted by Crippen LogP contribution is -2.61. The van der Waals surface area contributed by atoms with E-state index in [-0.39, 0.29) is 79.7 Å². The molecular weight excluding hydrogens is 1680 g/mol. The number of nitrogens with zero attached hydrogens (tertiary/aromatic N) is 6. The van der Waals surface area contributed by atoms with Crippen molar-refractivity contribution < 1.29 is 17.8 Å². The van der Waals surface area contributed by atoms with Gasteiger partial charge in [0.25, 0.3) is 6.71 Å². The Balaban J connectivity index is 0.958. The molecule has 0 atom stereocenters. The van der Waals surface area contributed by atoms with Crippen LogP contribution in [0.4, 0.5) is 51.2 Å². The summed E-state index contributed by atoms with van der Waals surface area (Å²) < 4.78 is 137. The van der Waals surface area contributed by atoms with E-state index < -0.39 is 65.9 Å². The van der Waals surface area contributed by atoms with Gasteiger partial charge in [-0.1, -0.05) is 355 Å². The van der Waals surface area contributed by atoms with Crippen LogP contribution in [0.3, 0.4) is 0 Å². The lowest BCUT2D eigenvalue weighted by molar-refractivity contribution is 0.590. The van der Waals surface area contributed by atoms with Gasteiger partial charge >= 0.3 is 0 Å². The van der Waals surface area contributed by atoms with Gasteiger partial charge in [0, 0.05) is 106 Å². The molecule has 139 heavy (non-hydrogen) atoms. The van der Waals surface area contributed by atoms with Crippen LogP contribution in [0.25, 0.3) is 138 Å². The Morgan fingerprint density at radius 3 is 0.978 bits per heavy atom. The summed E-state index contributed by atoms with van der Waals surface area (Å²) >= 11 is 0. The van der Waals surface area contributed by atoms with Crippen LogP contribution in [0.5, 0.6) is 0 Å². The van der Waals surface area contributed by atoms with Gasteiger partial charge in [-0.2, -0.15) is 0 Å². The summed E-state index contributed by atoms with van der Waals surface area (Å²) in [4.78, 5) is 6.56. The van der Waals surface area contributed by atoms with Gasteiger partial charge in [0.15, 0.2) is 0 Å². The largest absolute Gasteiger partial charge is 0.310 e. The zero-order valence-corrected chi connectivity index (χ0v) is 82.3. The Hall–Kier alpha value is -15.2. The van der Waals surface area contributed by atoms with Crippen LogP contribution < -0.4 is 31.1 Å². The van der Waals surface area contributed by atoms with Crippen molar-refractivity contribution in [1.82, 2.24) is 13.7 Å². The summed E-state index contributed by atoms with van der Waals surface area (Å²) in [5.74, 6) is 0. The smallest absolute Gasteiger partial charge is 0.252 e. The average molecular weight is 1810 g/mol. The van der Waals surface area contributed by atoms with E-state index in [1.165, 1.54) is 11.1 Å². The van der Waals surface area contributed by atoms with Crippen LogP contribution >= 0.6 is 0 Å².